The fraction of sp³-hybridized carbons (Fsp3) is 0.286. The standard InChI is InChI=1S/C14H15N3/c1-10(2)17-14(6-7-16-17)13-5-4-11(3)8-12(13)9-15/h4-8,10H,1-3H3. The average molecular weight is 225 g/mol. The Morgan fingerprint density at radius 3 is 2.71 bits per heavy atom. The molecule has 3 heteroatoms. The van der Waals surface area contributed by atoms with Crippen LogP contribution < -0.4 is 0 Å². The summed E-state index contributed by atoms with van der Waals surface area (Å²) < 4.78 is 1.94. The molecule has 0 bridgehead atoms. The van der Waals surface area contributed by atoms with Gasteiger partial charge in [-0.2, -0.15) is 10.4 Å². The van der Waals surface area contributed by atoms with Crippen molar-refractivity contribution in [1.29, 1.82) is 5.26 Å². The van der Waals surface area contributed by atoms with Gasteiger partial charge >= 0.3 is 0 Å². The molecule has 0 amide bonds. The Labute approximate surface area is 101 Å². The topological polar surface area (TPSA) is 41.6 Å². The highest BCUT2D eigenvalue weighted by atomic mass is 15.3. The lowest BCUT2D eigenvalue weighted by Crippen LogP contribution is -2.05. The number of benzene rings is 1. The van der Waals surface area contributed by atoms with E-state index in [1.54, 1.807) is 6.20 Å². The zero-order valence-corrected chi connectivity index (χ0v) is 10.3. The van der Waals surface area contributed by atoms with E-state index in [0.29, 0.717) is 5.56 Å². The summed E-state index contributed by atoms with van der Waals surface area (Å²) in [6, 6.07) is 10.4. The van der Waals surface area contributed by atoms with E-state index in [1.807, 2.05) is 35.9 Å². The molecule has 1 aromatic heterocycles. The normalized spacial score (nSPS) is 10.5. The van der Waals surface area contributed by atoms with Crippen LogP contribution in [0.25, 0.3) is 11.3 Å². The van der Waals surface area contributed by atoms with Crippen molar-refractivity contribution in [2.24, 2.45) is 0 Å². The van der Waals surface area contributed by atoms with Crippen LogP contribution in [0.3, 0.4) is 0 Å². The quantitative estimate of drug-likeness (QED) is 0.786. The Bertz CT molecular complexity index is 573. The molecule has 17 heavy (non-hydrogen) atoms. The van der Waals surface area contributed by atoms with Gasteiger partial charge in [-0.25, -0.2) is 0 Å². The van der Waals surface area contributed by atoms with Crippen LogP contribution in [-0.2, 0) is 0 Å². The van der Waals surface area contributed by atoms with E-state index in [0.717, 1.165) is 16.8 Å². The highest BCUT2D eigenvalue weighted by Crippen LogP contribution is 2.26. The van der Waals surface area contributed by atoms with Gasteiger partial charge < -0.3 is 0 Å². The molecule has 0 saturated heterocycles. The Kier molecular flexibility index (Phi) is 2.97. The van der Waals surface area contributed by atoms with Crippen molar-refractivity contribution in [3.63, 3.8) is 0 Å². The molecular weight excluding hydrogens is 210 g/mol. The maximum absolute atomic E-state index is 9.19. The third kappa shape index (κ3) is 2.07. The molecule has 1 heterocycles. The molecule has 86 valence electrons. The monoisotopic (exact) mass is 225 g/mol. The van der Waals surface area contributed by atoms with E-state index in [4.69, 9.17) is 0 Å². The lowest BCUT2D eigenvalue weighted by Gasteiger charge is -2.12. The van der Waals surface area contributed by atoms with Gasteiger partial charge in [-0.05, 0) is 38.5 Å². The second-order valence-corrected chi connectivity index (χ2v) is 4.42. The van der Waals surface area contributed by atoms with Gasteiger partial charge in [-0.3, -0.25) is 4.68 Å². The van der Waals surface area contributed by atoms with E-state index in [2.05, 4.69) is 25.0 Å². The van der Waals surface area contributed by atoms with E-state index in [-0.39, 0.29) is 6.04 Å². The molecule has 3 nitrogen and oxygen atoms in total. The minimum Gasteiger partial charge on any atom is -0.262 e. The summed E-state index contributed by atoms with van der Waals surface area (Å²) in [4.78, 5) is 0. The maximum Gasteiger partial charge on any atom is 0.0998 e. The van der Waals surface area contributed by atoms with Crippen LogP contribution in [0.2, 0.25) is 0 Å². The molecule has 0 atom stereocenters. The number of nitriles is 1. The largest absolute Gasteiger partial charge is 0.262 e. The molecule has 0 aliphatic rings. The molecule has 2 aromatic rings. The lowest BCUT2D eigenvalue weighted by atomic mass is 10.0. The molecule has 0 saturated carbocycles. The zero-order chi connectivity index (χ0) is 12.4. The van der Waals surface area contributed by atoms with E-state index >= 15 is 0 Å². The summed E-state index contributed by atoms with van der Waals surface area (Å²) in [5, 5.41) is 13.5. The molecule has 2 rings (SSSR count). The van der Waals surface area contributed by atoms with Gasteiger partial charge in [0, 0.05) is 17.8 Å². The maximum atomic E-state index is 9.19. The van der Waals surface area contributed by atoms with Crippen LogP contribution in [0.1, 0.15) is 31.0 Å². The first-order valence-electron chi connectivity index (χ1n) is 5.68. The van der Waals surface area contributed by atoms with Crippen molar-refractivity contribution < 1.29 is 0 Å². The molecule has 0 aliphatic heterocycles. The van der Waals surface area contributed by atoms with Crippen molar-refractivity contribution in [1.82, 2.24) is 9.78 Å². The molecule has 0 aliphatic carbocycles. The number of rotatable bonds is 2. The first-order chi connectivity index (χ1) is 8.13. The summed E-state index contributed by atoms with van der Waals surface area (Å²) in [5.41, 5.74) is 3.74. The van der Waals surface area contributed by atoms with E-state index in [9.17, 15) is 5.26 Å². The second-order valence-electron chi connectivity index (χ2n) is 4.42. The second kappa shape index (κ2) is 4.42. The Hall–Kier alpha value is -2.08. The van der Waals surface area contributed by atoms with Gasteiger partial charge in [-0.1, -0.05) is 12.1 Å². The van der Waals surface area contributed by atoms with Gasteiger partial charge in [-0.15, -0.1) is 0 Å². The molecular formula is C14H15N3. The van der Waals surface area contributed by atoms with Gasteiger partial charge in [0.15, 0.2) is 0 Å². The third-order valence-corrected chi connectivity index (χ3v) is 2.73. The average Bonchev–Trinajstić information content (AvgIpc) is 2.77. The Morgan fingerprint density at radius 1 is 1.29 bits per heavy atom. The summed E-state index contributed by atoms with van der Waals surface area (Å²) in [5.74, 6) is 0. The lowest BCUT2D eigenvalue weighted by molar-refractivity contribution is 0.538. The number of aryl methyl sites for hydroxylation is 1. The van der Waals surface area contributed by atoms with E-state index in [1.165, 1.54) is 0 Å². The van der Waals surface area contributed by atoms with Gasteiger partial charge in [0.2, 0.25) is 0 Å². The van der Waals surface area contributed by atoms with Crippen LogP contribution in [0.5, 0.6) is 0 Å². The molecule has 0 N–H and O–H groups in total. The van der Waals surface area contributed by atoms with Crippen molar-refractivity contribution >= 4 is 0 Å². The minimum atomic E-state index is 0.285. The highest BCUT2D eigenvalue weighted by Gasteiger charge is 2.11. The van der Waals surface area contributed by atoms with Crippen molar-refractivity contribution in [3.05, 3.63) is 41.6 Å². The van der Waals surface area contributed by atoms with Crippen LogP contribution in [-0.4, -0.2) is 9.78 Å². The highest BCUT2D eigenvalue weighted by molar-refractivity contribution is 5.68. The number of nitrogens with zero attached hydrogens (tertiary/aromatic N) is 3. The third-order valence-electron chi connectivity index (χ3n) is 2.73. The summed E-state index contributed by atoms with van der Waals surface area (Å²) in [7, 11) is 0. The van der Waals surface area contributed by atoms with Crippen LogP contribution in [0.15, 0.2) is 30.5 Å². The van der Waals surface area contributed by atoms with E-state index < -0.39 is 0 Å². The van der Waals surface area contributed by atoms with Crippen LogP contribution >= 0.6 is 0 Å². The van der Waals surface area contributed by atoms with Crippen molar-refractivity contribution in [2.75, 3.05) is 0 Å². The first kappa shape index (κ1) is 11.4. The van der Waals surface area contributed by atoms with Crippen molar-refractivity contribution in [2.45, 2.75) is 26.8 Å². The first-order valence-corrected chi connectivity index (χ1v) is 5.68. The molecule has 0 spiro atoms. The zero-order valence-electron chi connectivity index (χ0n) is 10.3. The number of hydrogen-bond donors (Lipinski definition) is 0. The molecule has 1 aromatic carbocycles. The van der Waals surface area contributed by atoms with Gasteiger partial charge in [0.1, 0.15) is 0 Å². The number of hydrogen-bond acceptors (Lipinski definition) is 2. The van der Waals surface area contributed by atoms with Crippen molar-refractivity contribution in [3.8, 4) is 17.3 Å². The molecule has 0 radical (unpaired) electrons. The van der Waals surface area contributed by atoms with Crippen LogP contribution in [0, 0.1) is 18.3 Å². The fourth-order valence-electron chi connectivity index (χ4n) is 1.91. The predicted octanol–water partition coefficient (Wildman–Crippen LogP) is 3.31. The van der Waals surface area contributed by atoms with Crippen LogP contribution in [0.4, 0.5) is 0 Å². The summed E-state index contributed by atoms with van der Waals surface area (Å²) in [6.45, 7) is 6.15. The number of aromatic nitrogens is 2. The van der Waals surface area contributed by atoms with Gasteiger partial charge in [0.05, 0.1) is 17.3 Å². The smallest absolute Gasteiger partial charge is 0.0998 e. The SMILES string of the molecule is Cc1ccc(-c2ccnn2C(C)C)c(C#N)c1. The Balaban J connectivity index is 2.61. The predicted molar refractivity (Wildman–Crippen MR) is 67.5 cm³/mol. The molecule has 0 fully saturated rings. The minimum absolute atomic E-state index is 0.285. The molecule has 0 unspecified atom stereocenters. The summed E-state index contributed by atoms with van der Waals surface area (Å²) >= 11 is 0. The van der Waals surface area contributed by atoms with Gasteiger partial charge in [0.25, 0.3) is 0 Å². The fourth-order valence-corrected chi connectivity index (χ4v) is 1.91. The Morgan fingerprint density at radius 2 is 2.06 bits per heavy atom. The summed E-state index contributed by atoms with van der Waals surface area (Å²) in [6.07, 6.45) is 1.77.